The van der Waals surface area contributed by atoms with Gasteiger partial charge in [0.15, 0.2) is 5.84 Å². The Morgan fingerprint density at radius 3 is 2.67 bits per heavy atom. The second-order valence-corrected chi connectivity index (χ2v) is 8.61. The van der Waals surface area contributed by atoms with Gasteiger partial charge in [-0.05, 0) is 50.6 Å². The minimum Gasteiger partial charge on any atom is -0.272 e. The van der Waals surface area contributed by atoms with Crippen LogP contribution in [0.3, 0.4) is 0 Å². The molecule has 0 amide bonds. The Balaban J connectivity index is 1.75. The van der Waals surface area contributed by atoms with Gasteiger partial charge in [-0.2, -0.15) is 5.10 Å². The minimum absolute atomic E-state index is 0.0217. The summed E-state index contributed by atoms with van der Waals surface area (Å²) < 4.78 is 0. The van der Waals surface area contributed by atoms with Gasteiger partial charge in [-0.15, -0.1) is 16.4 Å². The van der Waals surface area contributed by atoms with Crippen molar-refractivity contribution in [3.63, 3.8) is 0 Å². The molecule has 6 nitrogen and oxygen atoms in total. The van der Waals surface area contributed by atoms with Crippen LogP contribution in [0.5, 0.6) is 0 Å². The van der Waals surface area contributed by atoms with E-state index in [9.17, 15) is 0 Å². The second-order valence-electron chi connectivity index (χ2n) is 6.23. The molecule has 0 radical (unpaired) electrons. The fourth-order valence-corrected chi connectivity index (χ4v) is 4.57. The van der Waals surface area contributed by atoms with Gasteiger partial charge in [0.05, 0.1) is 11.3 Å². The molecule has 4 rings (SSSR count). The number of aliphatic imine (C=N–C) groups is 1. The lowest BCUT2D eigenvalue weighted by atomic mass is 10.1. The van der Waals surface area contributed by atoms with Crippen LogP contribution in [0.4, 0.5) is 0 Å². The summed E-state index contributed by atoms with van der Waals surface area (Å²) in [6, 6.07) is 8.12. The summed E-state index contributed by atoms with van der Waals surface area (Å²) in [6.45, 7) is 6.60. The van der Waals surface area contributed by atoms with Crippen LogP contribution >= 0.6 is 23.1 Å². The van der Waals surface area contributed by atoms with Crippen molar-refractivity contribution in [3.05, 3.63) is 63.2 Å². The summed E-state index contributed by atoms with van der Waals surface area (Å²) in [7, 11) is 0. The van der Waals surface area contributed by atoms with Crippen LogP contribution < -0.4 is 5.48 Å². The van der Waals surface area contributed by atoms with Gasteiger partial charge in [0.1, 0.15) is 17.7 Å². The summed E-state index contributed by atoms with van der Waals surface area (Å²) in [5.41, 5.74) is 5.85. The number of hydroxylamine groups is 1. The molecule has 0 bridgehead atoms. The summed E-state index contributed by atoms with van der Waals surface area (Å²) in [4.78, 5) is 18.2. The van der Waals surface area contributed by atoms with E-state index in [-0.39, 0.29) is 6.04 Å². The number of rotatable bonds is 4. The van der Waals surface area contributed by atoms with Crippen molar-refractivity contribution >= 4 is 28.9 Å². The smallest absolute Gasteiger partial charge is 0.156 e. The molecule has 1 atom stereocenters. The monoisotopic (exact) mass is 397 g/mol. The number of aryl methyl sites for hydroxylation is 2. The Morgan fingerprint density at radius 2 is 1.93 bits per heavy atom. The molecule has 1 aliphatic heterocycles. The van der Waals surface area contributed by atoms with E-state index in [0.29, 0.717) is 12.4 Å². The molecule has 3 aromatic heterocycles. The van der Waals surface area contributed by atoms with E-state index in [1.54, 1.807) is 35.5 Å². The lowest BCUT2D eigenvalue weighted by Gasteiger charge is -2.23. The first-order valence-electron chi connectivity index (χ1n) is 8.56. The van der Waals surface area contributed by atoms with E-state index >= 15 is 0 Å². The number of amidine groups is 1. The van der Waals surface area contributed by atoms with Crippen LogP contribution in [0.1, 0.15) is 32.6 Å². The van der Waals surface area contributed by atoms with Crippen molar-refractivity contribution in [1.82, 2.24) is 20.7 Å². The van der Waals surface area contributed by atoms with Gasteiger partial charge in [0, 0.05) is 27.0 Å². The Morgan fingerprint density at radius 1 is 1.11 bits per heavy atom. The zero-order valence-corrected chi connectivity index (χ0v) is 16.9. The lowest BCUT2D eigenvalue weighted by molar-refractivity contribution is 0.0627. The molecule has 0 fully saturated rings. The molecular formula is C19H19N5OS2. The number of thiophene rings is 1. The normalized spacial score (nSPS) is 16.7. The molecule has 8 heteroatoms. The van der Waals surface area contributed by atoms with Crippen LogP contribution in [-0.2, 0) is 4.84 Å². The van der Waals surface area contributed by atoms with Gasteiger partial charge < -0.3 is 0 Å². The van der Waals surface area contributed by atoms with Crippen LogP contribution in [0, 0.1) is 20.8 Å². The van der Waals surface area contributed by atoms with Crippen LogP contribution in [0.15, 0.2) is 51.6 Å². The maximum atomic E-state index is 5.67. The van der Waals surface area contributed by atoms with E-state index in [2.05, 4.69) is 39.7 Å². The average molecular weight is 398 g/mol. The third-order valence-electron chi connectivity index (χ3n) is 4.31. The zero-order valence-electron chi connectivity index (χ0n) is 15.3. The van der Waals surface area contributed by atoms with Crippen LogP contribution in [0.2, 0.25) is 0 Å². The molecule has 0 saturated carbocycles. The van der Waals surface area contributed by atoms with Gasteiger partial charge >= 0.3 is 0 Å². The predicted molar refractivity (Wildman–Crippen MR) is 107 cm³/mol. The highest BCUT2D eigenvalue weighted by molar-refractivity contribution is 7.99. The number of hydrogen-bond donors (Lipinski definition) is 1. The third-order valence-corrected chi connectivity index (χ3v) is 6.40. The zero-order chi connectivity index (χ0) is 18.8. The highest BCUT2D eigenvalue weighted by Gasteiger charge is 2.24. The summed E-state index contributed by atoms with van der Waals surface area (Å²) >= 11 is 3.30. The first-order chi connectivity index (χ1) is 13.1. The van der Waals surface area contributed by atoms with Crippen molar-refractivity contribution in [2.75, 3.05) is 6.61 Å². The van der Waals surface area contributed by atoms with E-state index in [0.717, 1.165) is 26.7 Å². The number of pyridine rings is 1. The van der Waals surface area contributed by atoms with E-state index in [1.807, 2.05) is 26.0 Å². The first kappa shape index (κ1) is 18.1. The largest absolute Gasteiger partial charge is 0.272 e. The number of nitrogens with zero attached hydrogens (tertiary/aromatic N) is 4. The van der Waals surface area contributed by atoms with Gasteiger partial charge in [0.2, 0.25) is 0 Å². The molecule has 0 aromatic carbocycles. The average Bonchev–Trinajstić information content (AvgIpc) is 3.12. The molecule has 27 heavy (non-hydrogen) atoms. The highest BCUT2D eigenvalue weighted by atomic mass is 32.2. The fraction of sp³-hybridized carbons (Fsp3) is 0.263. The summed E-state index contributed by atoms with van der Waals surface area (Å²) in [5, 5.41) is 9.53. The second kappa shape index (κ2) is 7.75. The first-order valence-corrected chi connectivity index (χ1v) is 10.2. The third kappa shape index (κ3) is 3.87. The van der Waals surface area contributed by atoms with E-state index < -0.39 is 0 Å². The number of nitrogens with one attached hydrogen (secondary N) is 1. The molecule has 138 valence electrons. The summed E-state index contributed by atoms with van der Waals surface area (Å²) in [6.07, 6.45) is 3.54. The molecule has 0 unspecified atom stereocenters. The quantitative estimate of drug-likeness (QED) is 0.717. The maximum absolute atomic E-state index is 5.67. The molecule has 3 aromatic rings. The van der Waals surface area contributed by atoms with Crippen molar-refractivity contribution in [3.8, 4) is 0 Å². The Bertz CT molecular complexity index is 987. The van der Waals surface area contributed by atoms with Crippen molar-refractivity contribution in [2.24, 2.45) is 4.99 Å². The Kier molecular flexibility index (Phi) is 5.20. The summed E-state index contributed by atoms with van der Waals surface area (Å²) in [5.74, 6) is 0.698. The van der Waals surface area contributed by atoms with Crippen molar-refractivity contribution < 1.29 is 4.84 Å². The van der Waals surface area contributed by atoms with Gasteiger partial charge in [-0.1, -0.05) is 11.8 Å². The topological polar surface area (TPSA) is 72.3 Å². The molecule has 0 saturated heterocycles. The molecule has 0 spiro atoms. The van der Waals surface area contributed by atoms with E-state index in [4.69, 9.17) is 9.83 Å². The molecule has 1 aliphatic rings. The fourth-order valence-electron chi connectivity index (χ4n) is 2.76. The number of hydrogen-bond acceptors (Lipinski definition) is 8. The highest BCUT2D eigenvalue weighted by Crippen LogP contribution is 2.33. The van der Waals surface area contributed by atoms with Crippen molar-refractivity contribution in [2.45, 2.75) is 36.7 Å². The molecule has 0 aliphatic carbocycles. The minimum atomic E-state index is -0.0217. The Hall–Kier alpha value is -2.29. The van der Waals surface area contributed by atoms with Gasteiger partial charge in [-0.3, -0.25) is 14.8 Å². The Labute approximate surface area is 166 Å². The molecule has 4 heterocycles. The van der Waals surface area contributed by atoms with E-state index in [1.165, 1.54) is 9.75 Å². The molecular weight excluding hydrogens is 378 g/mol. The molecule has 1 N–H and O–H groups in total. The predicted octanol–water partition coefficient (Wildman–Crippen LogP) is 4.03. The van der Waals surface area contributed by atoms with Crippen molar-refractivity contribution in [1.29, 1.82) is 0 Å². The standard InChI is InChI=1S/C19H19N5OS2/c1-11-4-5-16(26-11)15-10-25-24-18(21-15)17-12(2)13(3)22-23-19(17)27-14-6-8-20-9-7-14/h4-9,15H,10H2,1-3H3,(H,21,24)/t15-/m1/s1. The SMILES string of the molecule is Cc1ccc([C@H]2CONC(c3c(Sc4ccncc4)nnc(C)c3C)=N2)s1. The van der Waals surface area contributed by atoms with Crippen LogP contribution in [-0.4, -0.2) is 27.6 Å². The number of aromatic nitrogens is 3. The van der Waals surface area contributed by atoms with Gasteiger partial charge in [-0.25, -0.2) is 5.48 Å². The maximum Gasteiger partial charge on any atom is 0.156 e. The lowest BCUT2D eigenvalue weighted by Crippen LogP contribution is -2.33. The van der Waals surface area contributed by atoms with Gasteiger partial charge in [0.25, 0.3) is 0 Å². The van der Waals surface area contributed by atoms with Crippen LogP contribution in [0.25, 0.3) is 0 Å².